The van der Waals surface area contributed by atoms with Gasteiger partial charge in [-0.05, 0) is 91.7 Å². The van der Waals surface area contributed by atoms with Crippen LogP contribution in [-0.4, -0.2) is 32.3 Å². The van der Waals surface area contributed by atoms with Gasteiger partial charge in [0.2, 0.25) is 0 Å². The number of likely N-dealkylation sites (tertiary alicyclic amines) is 1. The maximum absolute atomic E-state index is 13.4. The van der Waals surface area contributed by atoms with Crippen LogP contribution in [0.5, 0.6) is 0 Å². The minimum atomic E-state index is -3.86. The van der Waals surface area contributed by atoms with Crippen LogP contribution in [0.4, 0.5) is 22.7 Å². The minimum absolute atomic E-state index is 0.0949. The molecule has 8 nitrogen and oxygen atoms in total. The van der Waals surface area contributed by atoms with Crippen molar-refractivity contribution >= 4 is 50.0 Å². The van der Waals surface area contributed by atoms with Crippen LogP contribution in [0.2, 0.25) is 0 Å². The van der Waals surface area contributed by atoms with Crippen LogP contribution < -0.4 is 21.1 Å². The molecule has 0 unspecified atom stereocenters. The molecule has 4 aromatic carbocycles. The first-order valence-corrected chi connectivity index (χ1v) is 15.6. The standard InChI is InChI=1S/C33H33N5O3S/c34-25-11-16-28(17-12-25)42(40,41)37-27-15-18-30-29(21-27)31(33(39)36-30)32(24-7-3-1-4-8-24)35-26-13-9-23(10-14-26)22-38-19-5-2-6-20-38/h1,3-4,7-18,21,35,37H,2,5-6,19-20,22,34H2,(H,36,39)/b32-31+. The highest BCUT2D eigenvalue weighted by molar-refractivity contribution is 7.92. The van der Waals surface area contributed by atoms with Crippen molar-refractivity contribution in [2.24, 2.45) is 0 Å². The van der Waals surface area contributed by atoms with Crippen LogP contribution >= 0.6 is 0 Å². The number of nitrogens with two attached hydrogens (primary N) is 1. The zero-order chi connectivity index (χ0) is 29.1. The third kappa shape index (κ3) is 6.02. The summed E-state index contributed by atoms with van der Waals surface area (Å²) in [5, 5.41) is 6.43. The van der Waals surface area contributed by atoms with E-state index in [4.69, 9.17) is 5.73 Å². The zero-order valence-electron chi connectivity index (χ0n) is 23.1. The molecular weight excluding hydrogens is 546 g/mol. The van der Waals surface area contributed by atoms with Crippen LogP contribution in [0.15, 0.2) is 102 Å². The molecule has 214 valence electrons. The van der Waals surface area contributed by atoms with Crippen LogP contribution in [0, 0.1) is 0 Å². The molecule has 0 saturated carbocycles. The van der Waals surface area contributed by atoms with E-state index in [0.29, 0.717) is 33.9 Å². The van der Waals surface area contributed by atoms with Gasteiger partial charge in [-0.25, -0.2) is 8.42 Å². The van der Waals surface area contributed by atoms with E-state index in [1.165, 1.54) is 37.0 Å². The summed E-state index contributed by atoms with van der Waals surface area (Å²) in [6, 6.07) is 29.0. The Kier molecular flexibility index (Phi) is 7.69. The number of nitrogen functional groups attached to an aromatic ring is 1. The number of benzene rings is 4. The van der Waals surface area contributed by atoms with Crippen molar-refractivity contribution in [1.29, 1.82) is 0 Å². The number of nitrogens with zero attached hydrogens (tertiary/aromatic N) is 1. The molecule has 9 heteroatoms. The molecule has 0 spiro atoms. The van der Waals surface area contributed by atoms with Crippen LogP contribution in [0.3, 0.4) is 0 Å². The summed E-state index contributed by atoms with van der Waals surface area (Å²) in [5.41, 5.74) is 11.8. The van der Waals surface area contributed by atoms with Gasteiger partial charge in [0, 0.05) is 34.9 Å². The predicted molar refractivity (Wildman–Crippen MR) is 169 cm³/mol. The maximum atomic E-state index is 13.4. The summed E-state index contributed by atoms with van der Waals surface area (Å²) in [4.78, 5) is 16.0. The van der Waals surface area contributed by atoms with E-state index in [9.17, 15) is 13.2 Å². The second-order valence-electron chi connectivity index (χ2n) is 10.7. The second-order valence-corrected chi connectivity index (χ2v) is 12.3. The molecule has 0 radical (unpaired) electrons. The summed E-state index contributed by atoms with van der Waals surface area (Å²) in [6.07, 6.45) is 3.81. The number of anilines is 4. The number of amides is 1. The first-order valence-electron chi connectivity index (χ1n) is 14.1. The average Bonchev–Trinajstić information content (AvgIpc) is 3.32. The van der Waals surface area contributed by atoms with E-state index in [-0.39, 0.29) is 10.8 Å². The third-order valence-corrected chi connectivity index (χ3v) is 8.99. The fraction of sp³-hybridized carbons (Fsp3) is 0.182. The lowest BCUT2D eigenvalue weighted by Gasteiger charge is -2.26. The first kappa shape index (κ1) is 27.6. The van der Waals surface area contributed by atoms with Gasteiger partial charge >= 0.3 is 0 Å². The molecule has 1 amide bonds. The molecule has 0 bridgehead atoms. The predicted octanol–water partition coefficient (Wildman–Crippen LogP) is 5.99. The minimum Gasteiger partial charge on any atom is -0.399 e. The summed E-state index contributed by atoms with van der Waals surface area (Å²) in [5.74, 6) is -0.267. The number of rotatable bonds is 8. The first-order chi connectivity index (χ1) is 20.4. The van der Waals surface area contributed by atoms with Gasteiger partial charge < -0.3 is 16.4 Å². The van der Waals surface area contributed by atoms with Crippen molar-refractivity contribution in [3.05, 3.63) is 114 Å². The molecule has 5 N–H and O–H groups in total. The molecule has 2 aliphatic heterocycles. The molecule has 2 aliphatic rings. The Balaban J connectivity index is 1.33. The van der Waals surface area contributed by atoms with E-state index in [1.54, 1.807) is 30.3 Å². The van der Waals surface area contributed by atoms with Crippen LogP contribution in [0.1, 0.15) is 36.0 Å². The number of sulfonamides is 1. The smallest absolute Gasteiger partial charge is 0.261 e. The highest BCUT2D eigenvalue weighted by Crippen LogP contribution is 2.39. The van der Waals surface area contributed by atoms with E-state index < -0.39 is 10.0 Å². The fourth-order valence-electron chi connectivity index (χ4n) is 5.44. The third-order valence-electron chi connectivity index (χ3n) is 7.60. The van der Waals surface area contributed by atoms with Gasteiger partial charge in [0.15, 0.2) is 0 Å². The topological polar surface area (TPSA) is 117 Å². The Morgan fingerprint density at radius 1 is 0.833 bits per heavy atom. The monoisotopic (exact) mass is 579 g/mol. The zero-order valence-corrected chi connectivity index (χ0v) is 24.0. The molecule has 2 heterocycles. The van der Waals surface area contributed by atoms with Gasteiger partial charge in [-0.15, -0.1) is 0 Å². The summed E-state index contributed by atoms with van der Waals surface area (Å²) < 4.78 is 28.7. The SMILES string of the molecule is Nc1ccc(S(=O)(=O)Nc2ccc3c(c2)/C(=C(\Nc2ccc(CN4CCCCC4)cc2)c2ccccc2)C(=O)N3)cc1. The number of nitrogens with one attached hydrogen (secondary N) is 3. The summed E-state index contributed by atoms with van der Waals surface area (Å²) >= 11 is 0. The maximum Gasteiger partial charge on any atom is 0.261 e. The highest BCUT2D eigenvalue weighted by atomic mass is 32.2. The van der Waals surface area contributed by atoms with Gasteiger partial charge in [-0.1, -0.05) is 48.9 Å². The lowest BCUT2D eigenvalue weighted by atomic mass is 9.99. The lowest BCUT2D eigenvalue weighted by molar-refractivity contribution is -0.110. The van der Waals surface area contributed by atoms with Gasteiger partial charge in [0.25, 0.3) is 15.9 Å². The van der Waals surface area contributed by atoms with E-state index in [1.807, 2.05) is 42.5 Å². The molecule has 0 aromatic heterocycles. The number of fused-ring (bicyclic) bond motifs is 1. The molecule has 0 aliphatic carbocycles. The van der Waals surface area contributed by atoms with Gasteiger partial charge in [-0.3, -0.25) is 14.4 Å². The van der Waals surface area contributed by atoms with E-state index >= 15 is 0 Å². The van der Waals surface area contributed by atoms with Gasteiger partial charge in [-0.2, -0.15) is 0 Å². The normalized spacial score (nSPS) is 16.4. The summed E-state index contributed by atoms with van der Waals surface area (Å²) in [6.45, 7) is 3.20. The Labute approximate surface area is 246 Å². The lowest BCUT2D eigenvalue weighted by Crippen LogP contribution is -2.29. The van der Waals surface area contributed by atoms with Crippen molar-refractivity contribution in [3.63, 3.8) is 0 Å². The van der Waals surface area contributed by atoms with Crippen molar-refractivity contribution in [2.75, 3.05) is 34.2 Å². The number of hydrogen-bond donors (Lipinski definition) is 4. The Morgan fingerprint density at radius 3 is 2.24 bits per heavy atom. The molecule has 1 fully saturated rings. The average molecular weight is 580 g/mol. The highest BCUT2D eigenvalue weighted by Gasteiger charge is 2.29. The number of carbonyl (C=O) groups excluding carboxylic acids is 1. The summed E-state index contributed by atoms with van der Waals surface area (Å²) in [7, 11) is -3.86. The Bertz CT molecular complexity index is 1730. The van der Waals surface area contributed by atoms with Crippen molar-refractivity contribution in [1.82, 2.24) is 4.90 Å². The quantitative estimate of drug-likeness (QED) is 0.151. The van der Waals surface area contributed by atoms with Crippen molar-refractivity contribution < 1.29 is 13.2 Å². The largest absolute Gasteiger partial charge is 0.399 e. The molecule has 0 atom stereocenters. The van der Waals surface area contributed by atoms with E-state index in [2.05, 4.69) is 32.4 Å². The molecule has 1 saturated heterocycles. The second kappa shape index (κ2) is 11.7. The number of carbonyl (C=O) groups is 1. The van der Waals surface area contributed by atoms with Crippen molar-refractivity contribution in [3.8, 4) is 0 Å². The molecule has 6 rings (SSSR count). The van der Waals surface area contributed by atoms with Gasteiger partial charge in [0.05, 0.1) is 16.2 Å². The van der Waals surface area contributed by atoms with E-state index in [0.717, 1.165) is 30.9 Å². The number of piperidine rings is 1. The Morgan fingerprint density at radius 2 is 1.52 bits per heavy atom. The van der Waals surface area contributed by atoms with Crippen molar-refractivity contribution in [2.45, 2.75) is 30.7 Å². The van der Waals surface area contributed by atoms with Crippen LogP contribution in [-0.2, 0) is 21.4 Å². The van der Waals surface area contributed by atoms with Gasteiger partial charge in [0.1, 0.15) is 0 Å². The van der Waals surface area contributed by atoms with Crippen LogP contribution in [0.25, 0.3) is 11.3 Å². The molecule has 4 aromatic rings. The fourth-order valence-corrected chi connectivity index (χ4v) is 6.49. The molecule has 42 heavy (non-hydrogen) atoms. The Hall–Kier alpha value is -4.60. The molecular formula is C33H33N5O3S. The number of hydrogen-bond acceptors (Lipinski definition) is 6.